The van der Waals surface area contributed by atoms with Crippen molar-refractivity contribution in [3.63, 3.8) is 0 Å². The van der Waals surface area contributed by atoms with E-state index in [2.05, 4.69) is 15.6 Å². The van der Waals surface area contributed by atoms with Crippen LogP contribution in [0.3, 0.4) is 0 Å². The molecule has 0 aliphatic rings. The summed E-state index contributed by atoms with van der Waals surface area (Å²) in [7, 11) is 0. The van der Waals surface area contributed by atoms with Gasteiger partial charge in [0.1, 0.15) is 6.54 Å². The summed E-state index contributed by atoms with van der Waals surface area (Å²) in [4.78, 5) is 11.6. The van der Waals surface area contributed by atoms with Crippen LogP contribution in [0.4, 0.5) is 13.2 Å². The third-order valence-electron chi connectivity index (χ3n) is 3.06. The number of amides is 1. The lowest BCUT2D eigenvalue weighted by Gasteiger charge is -2.03. The lowest BCUT2D eigenvalue weighted by Crippen LogP contribution is -2.23. The van der Waals surface area contributed by atoms with Gasteiger partial charge in [-0.05, 0) is 31.0 Å². The maximum atomic E-state index is 12.4. The third kappa shape index (κ3) is 4.67. The molecule has 5 nitrogen and oxygen atoms in total. The zero-order valence-electron chi connectivity index (χ0n) is 12.6. The van der Waals surface area contributed by atoms with Gasteiger partial charge in [0.2, 0.25) is 0 Å². The molecule has 0 aliphatic carbocycles. The Bertz CT molecular complexity index is 735. The van der Waals surface area contributed by atoms with Crippen molar-refractivity contribution >= 4 is 12.1 Å². The molecule has 0 bridgehead atoms. The van der Waals surface area contributed by atoms with Crippen molar-refractivity contribution in [3.8, 4) is 0 Å². The number of rotatable bonds is 4. The normalized spacial score (nSPS) is 11.9. The maximum Gasteiger partial charge on any atom is 0.435 e. The molecule has 1 aromatic carbocycles. The van der Waals surface area contributed by atoms with Gasteiger partial charge in [-0.25, -0.2) is 5.43 Å². The minimum Gasteiger partial charge on any atom is -0.271 e. The number of aryl methyl sites for hydroxylation is 2. The van der Waals surface area contributed by atoms with Crippen LogP contribution in [0.25, 0.3) is 0 Å². The Hall–Kier alpha value is -2.64. The molecule has 1 amide bonds. The molecule has 2 rings (SSSR count). The Morgan fingerprint density at radius 2 is 2.09 bits per heavy atom. The van der Waals surface area contributed by atoms with Gasteiger partial charge >= 0.3 is 6.18 Å². The van der Waals surface area contributed by atoms with E-state index in [9.17, 15) is 18.0 Å². The first-order valence-electron chi connectivity index (χ1n) is 6.75. The molecule has 8 heteroatoms. The Balaban J connectivity index is 1.94. The molecule has 122 valence electrons. The summed E-state index contributed by atoms with van der Waals surface area (Å²) in [6.07, 6.45) is -1.94. The van der Waals surface area contributed by atoms with Crippen LogP contribution < -0.4 is 5.43 Å². The third-order valence-corrected chi connectivity index (χ3v) is 3.06. The molecule has 0 unspecified atom stereocenters. The van der Waals surface area contributed by atoms with E-state index in [1.54, 1.807) is 0 Å². The topological polar surface area (TPSA) is 59.3 Å². The van der Waals surface area contributed by atoms with Gasteiger partial charge < -0.3 is 0 Å². The Labute approximate surface area is 130 Å². The van der Waals surface area contributed by atoms with E-state index < -0.39 is 17.8 Å². The molecule has 0 aliphatic heterocycles. The van der Waals surface area contributed by atoms with E-state index in [0.717, 1.165) is 33.6 Å². The van der Waals surface area contributed by atoms with E-state index in [-0.39, 0.29) is 6.54 Å². The number of halogens is 3. The summed E-state index contributed by atoms with van der Waals surface area (Å²) < 4.78 is 38.1. The highest BCUT2D eigenvalue weighted by Crippen LogP contribution is 2.27. The molecule has 0 saturated heterocycles. The molecular weight excluding hydrogens is 309 g/mol. The van der Waals surface area contributed by atoms with Gasteiger partial charge in [-0.15, -0.1) is 0 Å². The van der Waals surface area contributed by atoms with Crippen LogP contribution in [0.15, 0.2) is 35.6 Å². The van der Waals surface area contributed by atoms with Crippen LogP contribution in [-0.4, -0.2) is 21.9 Å². The molecule has 1 aromatic heterocycles. The molecule has 0 radical (unpaired) electrons. The average Bonchev–Trinajstić information content (AvgIpc) is 2.91. The quantitative estimate of drug-likeness (QED) is 0.694. The van der Waals surface area contributed by atoms with Crippen molar-refractivity contribution in [2.45, 2.75) is 26.6 Å². The first-order valence-corrected chi connectivity index (χ1v) is 6.75. The van der Waals surface area contributed by atoms with Crippen LogP contribution in [0.1, 0.15) is 22.4 Å². The highest BCUT2D eigenvalue weighted by atomic mass is 19.4. The van der Waals surface area contributed by atoms with Crippen molar-refractivity contribution in [2.75, 3.05) is 0 Å². The molecule has 1 N–H and O–H groups in total. The SMILES string of the molecule is Cc1ccc(C)c(/C=N\NC(=O)Cn2ccc(C(F)(F)F)n2)c1. The van der Waals surface area contributed by atoms with Crippen molar-refractivity contribution in [2.24, 2.45) is 5.10 Å². The van der Waals surface area contributed by atoms with Gasteiger partial charge in [-0.3, -0.25) is 9.48 Å². The van der Waals surface area contributed by atoms with E-state index in [0.29, 0.717) is 0 Å². The summed E-state index contributed by atoms with van der Waals surface area (Å²) in [5.74, 6) is -0.566. The molecule has 23 heavy (non-hydrogen) atoms. The highest BCUT2D eigenvalue weighted by molar-refractivity contribution is 5.83. The Morgan fingerprint density at radius 1 is 1.35 bits per heavy atom. The summed E-state index contributed by atoms with van der Waals surface area (Å²) >= 11 is 0. The van der Waals surface area contributed by atoms with Crippen LogP contribution in [0.5, 0.6) is 0 Å². The predicted octanol–water partition coefficient (Wildman–Crippen LogP) is 2.67. The van der Waals surface area contributed by atoms with Crippen molar-refractivity contribution in [1.82, 2.24) is 15.2 Å². The minimum atomic E-state index is -4.53. The van der Waals surface area contributed by atoms with Crippen LogP contribution in [0, 0.1) is 13.8 Å². The van der Waals surface area contributed by atoms with Gasteiger partial charge in [0.25, 0.3) is 5.91 Å². The van der Waals surface area contributed by atoms with E-state index in [1.807, 2.05) is 32.0 Å². The number of carbonyl (C=O) groups excluding carboxylic acids is 1. The fraction of sp³-hybridized carbons (Fsp3) is 0.267. The van der Waals surface area contributed by atoms with Gasteiger partial charge in [0.05, 0.1) is 6.21 Å². The summed E-state index contributed by atoms with van der Waals surface area (Å²) in [6, 6.07) is 6.61. The Morgan fingerprint density at radius 3 is 2.74 bits per heavy atom. The number of nitrogens with one attached hydrogen (secondary N) is 1. The van der Waals surface area contributed by atoms with Gasteiger partial charge in [0, 0.05) is 6.20 Å². The molecule has 0 spiro atoms. The molecule has 1 heterocycles. The second-order valence-corrected chi connectivity index (χ2v) is 5.05. The van der Waals surface area contributed by atoms with E-state index in [4.69, 9.17) is 0 Å². The minimum absolute atomic E-state index is 0.347. The lowest BCUT2D eigenvalue weighted by atomic mass is 10.1. The largest absolute Gasteiger partial charge is 0.435 e. The molecule has 0 atom stereocenters. The molecule has 2 aromatic rings. The van der Waals surface area contributed by atoms with E-state index in [1.165, 1.54) is 6.21 Å². The van der Waals surface area contributed by atoms with Crippen molar-refractivity contribution < 1.29 is 18.0 Å². The Kier molecular flexibility index (Phi) is 4.83. The van der Waals surface area contributed by atoms with Crippen molar-refractivity contribution in [1.29, 1.82) is 0 Å². The summed E-state index contributed by atoms with van der Waals surface area (Å²) in [6.45, 7) is 3.50. The second kappa shape index (κ2) is 6.64. The number of aromatic nitrogens is 2. The first kappa shape index (κ1) is 16.7. The van der Waals surface area contributed by atoms with Gasteiger partial charge in [0.15, 0.2) is 5.69 Å². The maximum absolute atomic E-state index is 12.4. The summed E-state index contributed by atoms with van der Waals surface area (Å²) in [5.41, 5.74) is 4.13. The number of nitrogens with zero attached hydrogens (tertiary/aromatic N) is 3. The van der Waals surface area contributed by atoms with Crippen LogP contribution in [-0.2, 0) is 17.5 Å². The number of benzene rings is 1. The standard InChI is InChI=1S/C15H15F3N4O/c1-10-3-4-11(2)12(7-10)8-19-20-14(23)9-22-6-5-13(21-22)15(16,17)18/h3-8H,9H2,1-2H3,(H,20,23)/b19-8-. The zero-order chi connectivity index (χ0) is 17.0. The number of hydrogen-bond donors (Lipinski definition) is 1. The first-order chi connectivity index (χ1) is 10.8. The highest BCUT2D eigenvalue weighted by Gasteiger charge is 2.33. The lowest BCUT2D eigenvalue weighted by molar-refractivity contribution is -0.141. The predicted molar refractivity (Wildman–Crippen MR) is 78.9 cm³/mol. The second-order valence-electron chi connectivity index (χ2n) is 5.05. The number of alkyl halides is 3. The molecule has 0 saturated carbocycles. The van der Waals surface area contributed by atoms with Crippen LogP contribution in [0.2, 0.25) is 0 Å². The zero-order valence-corrected chi connectivity index (χ0v) is 12.6. The van der Waals surface area contributed by atoms with Crippen molar-refractivity contribution in [3.05, 3.63) is 52.8 Å². The molecule has 0 fully saturated rings. The number of hydrogen-bond acceptors (Lipinski definition) is 3. The smallest absolute Gasteiger partial charge is 0.271 e. The number of carbonyl (C=O) groups is 1. The monoisotopic (exact) mass is 324 g/mol. The number of hydrazone groups is 1. The van der Waals surface area contributed by atoms with E-state index >= 15 is 0 Å². The fourth-order valence-corrected chi connectivity index (χ4v) is 1.86. The van der Waals surface area contributed by atoms with Gasteiger partial charge in [-0.2, -0.15) is 23.4 Å². The molecular formula is C15H15F3N4O. The fourth-order valence-electron chi connectivity index (χ4n) is 1.86. The van der Waals surface area contributed by atoms with Gasteiger partial charge in [-0.1, -0.05) is 23.8 Å². The average molecular weight is 324 g/mol. The summed E-state index contributed by atoms with van der Waals surface area (Å²) in [5, 5.41) is 7.10. The van der Waals surface area contributed by atoms with Crippen LogP contribution >= 0.6 is 0 Å².